The molecular formula is C19H12N2S. The first-order chi connectivity index (χ1) is 10.9. The Balaban J connectivity index is 2.07. The summed E-state index contributed by atoms with van der Waals surface area (Å²) in [4.78, 5) is 5.83. The van der Waals surface area contributed by atoms with E-state index in [0.29, 0.717) is 0 Å². The lowest BCUT2D eigenvalue weighted by molar-refractivity contribution is 1.09. The Morgan fingerprint density at radius 1 is 0.773 bits per heavy atom. The molecule has 0 atom stereocenters. The summed E-state index contributed by atoms with van der Waals surface area (Å²) in [6.07, 6.45) is 1.85. The maximum absolute atomic E-state index is 4.56. The molecule has 2 nitrogen and oxygen atoms in total. The number of para-hydroxylation sites is 1. The van der Waals surface area contributed by atoms with Crippen LogP contribution in [-0.4, -0.2) is 9.55 Å². The Morgan fingerprint density at radius 3 is 2.41 bits per heavy atom. The molecule has 0 amide bonds. The van der Waals surface area contributed by atoms with Crippen LogP contribution >= 0.6 is 11.3 Å². The van der Waals surface area contributed by atoms with Gasteiger partial charge in [-0.15, -0.1) is 11.3 Å². The van der Waals surface area contributed by atoms with Crippen molar-refractivity contribution in [3.05, 3.63) is 72.9 Å². The molecular weight excluding hydrogens is 288 g/mol. The maximum atomic E-state index is 4.56. The van der Waals surface area contributed by atoms with E-state index in [2.05, 4.69) is 64.1 Å². The number of rotatable bonds is 1. The van der Waals surface area contributed by atoms with E-state index in [-0.39, 0.29) is 0 Å². The quantitative estimate of drug-likeness (QED) is 0.405. The molecule has 0 bridgehead atoms. The molecule has 0 unspecified atom stereocenters. The van der Waals surface area contributed by atoms with E-state index in [1.165, 1.54) is 31.2 Å². The number of benzene rings is 2. The normalized spacial score (nSPS) is 11.6. The van der Waals surface area contributed by atoms with Crippen LogP contribution in [-0.2, 0) is 0 Å². The van der Waals surface area contributed by atoms with Gasteiger partial charge in [0.1, 0.15) is 10.6 Å². The van der Waals surface area contributed by atoms with Crippen molar-refractivity contribution in [2.24, 2.45) is 0 Å². The summed E-state index contributed by atoms with van der Waals surface area (Å²) >= 11 is 1.83. The zero-order valence-corrected chi connectivity index (χ0v) is 12.5. The minimum Gasteiger partial charge on any atom is -0.285 e. The average molecular weight is 300 g/mol. The molecule has 3 heteroatoms. The molecule has 5 aromatic rings. The van der Waals surface area contributed by atoms with Crippen molar-refractivity contribution in [1.82, 2.24) is 9.55 Å². The van der Waals surface area contributed by atoms with Gasteiger partial charge < -0.3 is 0 Å². The average Bonchev–Trinajstić information content (AvgIpc) is 3.10. The molecule has 0 aliphatic heterocycles. The molecule has 0 aliphatic carbocycles. The summed E-state index contributed by atoms with van der Waals surface area (Å²) in [6, 6.07) is 23.3. The van der Waals surface area contributed by atoms with Gasteiger partial charge in [0.2, 0.25) is 0 Å². The molecule has 22 heavy (non-hydrogen) atoms. The third kappa shape index (κ3) is 1.51. The number of pyridine rings is 1. The molecule has 5 rings (SSSR count). The maximum Gasteiger partial charge on any atom is 0.138 e. The summed E-state index contributed by atoms with van der Waals surface area (Å²) in [7, 11) is 0. The van der Waals surface area contributed by atoms with Crippen LogP contribution in [0.15, 0.2) is 72.9 Å². The molecule has 0 spiro atoms. The van der Waals surface area contributed by atoms with Crippen LogP contribution in [0.2, 0.25) is 0 Å². The van der Waals surface area contributed by atoms with Crippen molar-refractivity contribution in [3.8, 4) is 5.82 Å². The van der Waals surface area contributed by atoms with Crippen LogP contribution in [0.25, 0.3) is 37.0 Å². The van der Waals surface area contributed by atoms with Crippen LogP contribution in [0.5, 0.6) is 0 Å². The van der Waals surface area contributed by atoms with Gasteiger partial charge in [0.25, 0.3) is 0 Å². The van der Waals surface area contributed by atoms with Gasteiger partial charge in [-0.3, -0.25) is 4.57 Å². The largest absolute Gasteiger partial charge is 0.285 e. The van der Waals surface area contributed by atoms with E-state index < -0.39 is 0 Å². The second kappa shape index (κ2) is 4.42. The second-order valence-electron chi connectivity index (χ2n) is 5.32. The highest BCUT2D eigenvalue weighted by atomic mass is 32.1. The number of fused-ring (bicyclic) bond motifs is 5. The van der Waals surface area contributed by atoms with Crippen LogP contribution < -0.4 is 0 Å². The highest BCUT2D eigenvalue weighted by Crippen LogP contribution is 2.41. The number of aromatic nitrogens is 2. The number of hydrogen-bond donors (Lipinski definition) is 0. The van der Waals surface area contributed by atoms with Crippen molar-refractivity contribution in [2.45, 2.75) is 0 Å². The third-order valence-corrected chi connectivity index (χ3v) is 5.23. The molecule has 2 aromatic carbocycles. The fourth-order valence-corrected chi connectivity index (χ4v) is 4.39. The molecule has 3 aromatic heterocycles. The molecule has 0 radical (unpaired) electrons. The Hall–Kier alpha value is -2.65. The smallest absolute Gasteiger partial charge is 0.138 e. The van der Waals surface area contributed by atoms with Gasteiger partial charge in [-0.05, 0) is 24.3 Å². The monoisotopic (exact) mass is 300 g/mol. The Labute approximate surface area is 131 Å². The Kier molecular flexibility index (Phi) is 2.40. The van der Waals surface area contributed by atoms with E-state index >= 15 is 0 Å². The van der Waals surface area contributed by atoms with Gasteiger partial charge in [0.15, 0.2) is 0 Å². The summed E-state index contributed by atoms with van der Waals surface area (Å²) < 4.78 is 3.60. The van der Waals surface area contributed by atoms with Crippen molar-refractivity contribution in [1.29, 1.82) is 0 Å². The summed E-state index contributed by atoms with van der Waals surface area (Å²) in [6.45, 7) is 0. The minimum atomic E-state index is 0.972. The van der Waals surface area contributed by atoms with Crippen molar-refractivity contribution in [2.75, 3.05) is 0 Å². The first-order valence-electron chi connectivity index (χ1n) is 7.25. The number of nitrogens with zero attached hydrogens (tertiary/aromatic N) is 2. The lowest BCUT2D eigenvalue weighted by Gasteiger charge is -2.04. The molecule has 0 saturated carbocycles. The zero-order valence-electron chi connectivity index (χ0n) is 11.7. The van der Waals surface area contributed by atoms with Crippen LogP contribution in [0.3, 0.4) is 0 Å². The van der Waals surface area contributed by atoms with Gasteiger partial charge in [-0.2, -0.15) is 0 Å². The van der Waals surface area contributed by atoms with Gasteiger partial charge in [0.05, 0.1) is 5.52 Å². The Bertz CT molecular complexity index is 1120. The number of thiophene rings is 1. The van der Waals surface area contributed by atoms with Crippen LogP contribution in [0, 0.1) is 0 Å². The van der Waals surface area contributed by atoms with Crippen molar-refractivity contribution >= 4 is 42.5 Å². The number of hydrogen-bond acceptors (Lipinski definition) is 2. The molecule has 0 fully saturated rings. The molecule has 0 aliphatic rings. The van der Waals surface area contributed by atoms with Crippen molar-refractivity contribution in [3.63, 3.8) is 0 Å². The minimum absolute atomic E-state index is 0.972. The predicted octanol–water partition coefficient (Wildman–Crippen LogP) is 5.39. The third-order valence-electron chi connectivity index (χ3n) is 4.07. The topological polar surface area (TPSA) is 17.8 Å². The molecule has 3 heterocycles. The van der Waals surface area contributed by atoms with Crippen molar-refractivity contribution < 1.29 is 0 Å². The summed E-state index contributed by atoms with van der Waals surface area (Å²) in [5.74, 6) is 0.972. The molecule has 0 saturated heterocycles. The standard InChI is InChI=1S/C19H12N2S/c1-3-9-15-13(7-1)18-14-8-2-4-10-16(14)22-19(18)21(15)17-11-5-6-12-20-17/h1-12H. The lowest BCUT2D eigenvalue weighted by atomic mass is 10.1. The van der Waals surface area contributed by atoms with Gasteiger partial charge in [0, 0.05) is 27.1 Å². The van der Waals surface area contributed by atoms with E-state index in [9.17, 15) is 0 Å². The van der Waals surface area contributed by atoms with E-state index in [1.54, 1.807) is 0 Å². The fourth-order valence-electron chi connectivity index (χ4n) is 3.15. The van der Waals surface area contributed by atoms with E-state index in [1.807, 2.05) is 29.7 Å². The zero-order chi connectivity index (χ0) is 14.5. The van der Waals surface area contributed by atoms with Crippen LogP contribution in [0.4, 0.5) is 0 Å². The van der Waals surface area contributed by atoms with Crippen LogP contribution in [0.1, 0.15) is 0 Å². The Morgan fingerprint density at radius 2 is 1.55 bits per heavy atom. The summed E-state index contributed by atoms with van der Waals surface area (Å²) in [5.41, 5.74) is 1.22. The predicted molar refractivity (Wildman–Crippen MR) is 94.0 cm³/mol. The fraction of sp³-hybridized carbons (Fsp3) is 0. The lowest BCUT2D eigenvalue weighted by Crippen LogP contribution is -1.94. The highest BCUT2D eigenvalue weighted by Gasteiger charge is 2.17. The second-order valence-corrected chi connectivity index (χ2v) is 6.35. The first-order valence-corrected chi connectivity index (χ1v) is 8.07. The molecule has 0 N–H and O–H groups in total. The van der Waals surface area contributed by atoms with Gasteiger partial charge in [-0.25, -0.2) is 4.98 Å². The van der Waals surface area contributed by atoms with E-state index in [4.69, 9.17) is 0 Å². The summed E-state index contributed by atoms with van der Waals surface area (Å²) in [5, 5.41) is 3.95. The SMILES string of the molecule is c1ccc(-n2c3ccccc3c3c4ccccc4sc32)nc1. The first kappa shape index (κ1) is 12.0. The van der Waals surface area contributed by atoms with Gasteiger partial charge in [-0.1, -0.05) is 42.5 Å². The van der Waals surface area contributed by atoms with Gasteiger partial charge >= 0.3 is 0 Å². The van der Waals surface area contributed by atoms with E-state index in [0.717, 1.165) is 5.82 Å². The highest BCUT2D eigenvalue weighted by molar-refractivity contribution is 7.25. The molecule has 104 valence electrons.